The number of amides is 2. The standard InChI is InChI=1S/C19H16N6OS/c1-2-23-18(26)25-19-24-16-14(13-9-21-11-22-10-13)5-6-15(17(16)27-19)12-4-3-7-20-8-12/h3-11H,2H2,1H3,(H2,23,24,25,26). The van der Waals surface area contributed by atoms with E-state index in [1.165, 1.54) is 17.7 Å². The molecule has 4 aromatic rings. The van der Waals surface area contributed by atoms with Gasteiger partial charge in [-0.3, -0.25) is 10.3 Å². The Morgan fingerprint density at radius 2 is 1.81 bits per heavy atom. The summed E-state index contributed by atoms with van der Waals surface area (Å²) in [6.45, 7) is 2.41. The number of rotatable bonds is 4. The third-order valence-corrected chi connectivity index (χ3v) is 4.95. The lowest BCUT2D eigenvalue weighted by atomic mass is 10.0. The number of anilines is 1. The molecule has 0 fully saturated rings. The van der Waals surface area contributed by atoms with Crippen LogP contribution >= 0.6 is 11.3 Å². The minimum atomic E-state index is -0.274. The van der Waals surface area contributed by atoms with Crippen LogP contribution in [-0.4, -0.2) is 32.5 Å². The zero-order valence-electron chi connectivity index (χ0n) is 14.5. The molecule has 3 aromatic heterocycles. The van der Waals surface area contributed by atoms with Gasteiger partial charge in [-0.05, 0) is 13.0 Å². The predicted octanol–water partition coefficient (Wildman–Crippen LogP) is 3.96. The van der Waals surface area contributed by atoms with Crippen LogP contribution in [0.25, 0.3) is 32.5 Å². The molecule has 0 radical (unpaired) electrons. The van der Waals surface area contributed by atoms with Gasteiger partial charge in [0.1, 0.15) is 6.33 Å². The first-order valence-corrected chi connectivity index (χ1v) is 9.22. The van der Waals surface area contributed by atoms with E-state index in [1.54, 1.807) is 18.6 Å². The number of hydrogen-bond donors (Lipinski definition) is 2. The highest BCUT2D eigenvalue weighted by atomic mass is 32.1. The summed E-state index contributed by atoms with van der Waals surface area (Å²) in [7, 11) is 0. The summed E-state index contributed by atoms with van der Waals surface area (Å²) in [6, 6.07) is 7.66. The third-order valence-electron chi connectivity index (χ3n) is 3.95. The van der Waals surface area contributed by atoms with Crippen LogP contribution in [0.15, 0.2) is 55.4 Å². The molecule has 0 aliphatic rings. The van der Waals surface area contributed by atoms with Crippen molar-refractivity contribution in [2.75, 3.05) is 11.9 Å². The van der Waals surface area contributed by atoms with Crippen molar-refractivity contribution in [3.63, 3.8) is 0 Å². The van der Waals surface area contributed by atoms with E-state index in [4.69, 9.17) is 0 Å². The average molecular weight is 376 g/mol. The predicted molar refractivity (Wildman–Crippen MR) is 107 cm³/mol. The van der Waals surface area contributed by atoms with E-state index in [2.05, 4.69) is 30.6 Å². The van der Waals surface area contributed by atoms with Crippen LogP contribution in [-0.2, 0) is 0 Å². The molecule has 2 N–H and O–H groups in total. The lowest BCUT2D eigenvalue weighted by Gasteiger charge is -2.06. The van der Waals surface area contributed by atoms with E-state index in [1.807, 2.05) is 37.4 Å². The highest BCUT2D eigenvalue weighted by molar-refractivity contribution is 7.23. The van der Waals surface area contributed by atoms with Crippen LogP contribution in [0.2, 0.25) is 0 Å². The quantitative estimate of drug-likeness (QED) is 0.562. The molecule has 7 nitrogen and oxygen atoms in total. The van der Waals surface area contributed by atoms with Crippen molar-refractivity contribution in [1.29, 1.82) is 0 Å². The van der Waals surface area contributed by atoms with Crippen molar-refractivity contribution >= 4 is 32.7 Å². The van der Waals surface area contributed by atoms with Gasteiger partial charge in [0.25, 0.3) is 0 Å². The molecule has 0 bridgehead atoms. The van der Waals surface area contributed by atoms with Gasteiger partial charge in [0, 0.05) is 53.6 Å². The number of hydrogen-bond acceptors (Lipinski definition) is 6. The summed E-state index contributed by atoms with van der Waals surface area (Å²) in [5.41, 5.74) is 4.59. The molecule has 0 atom stereocenters. The lowest BCUT2D eigenvalue weighted by Crippen LogP contribution is -2.28. The maximum Gasteiger partial charge on any atom is 0.321 e. The van der Waals surface area contributed by atoms with Crippen LogP contribution in [0.1, 0.15) is 6.92 Å². The van der Waals surface area contributed by atoms with E-state index in [9.17, 15) is 4.79 Å². The highest BCUT2D eigenvalue weighted by Crippen LogP contribution is 2.39. The number of carbonyl (C=O) groups is 1. The van der Waals surface area contributed by atoms with Crippen LogP contribution in [0.3, 0.4) is 0 Å². The molecule has 0 spiro atoms. The van der Waals surface area contributed by atoms with Crippen molar-refractivity contribution in [2.24, 2.45) is 0 Å². The molecule has 2 amide bonds. The molecule has 0 saturated carbocycles. The number of nitrogens with one attached hydrogen (secondary N) is 2. The van der Waals surface area contributed by atoms with Gasteiger partial charge in [-0.25, -0.2) is 19.7 Å². The molecule has 3 heterocycles. The SMILES string of the molecule is CCNC(=O)Nc1nc2c(-c3cncnc3)ccc(-c3cccnc3)c2s1. The zero-order valence-corrected chi connectivity index (χ0v) is 15.3. The molecule has 0 saturated heterocycles. The van der Waals surface area contributed by atoms with Crippen molar-refractivity contribution < 1.29 is 4.79 Å². The number of fused-ring (bicyclic) bond motifs is 1. The smallest absolute Gasteiger partial charge is 0.321 e. The fourth-order valence-electron chi connectivity index (χ4n) is 2.78. The Balaban J connectivity index is 1.88. The van der Waals surface area contributed by atoms with Crippen LogP contribution < -0.4 is 10.6 Å². The Hall–Kier alpha value is -3.39. The Labute approximate surface area is 159 Å². The Kier molecular flexibility index (Phi) is 4.71. The molecule has 27 heavy (non-hydrogen) atoms. The van der Waals surface area contributed by atoms with Crippen molar-refractivity contribution in [2.45, 2.75) is 6.92 Å². The number of thiazole rings is 1. The number of benzene rings is 1. The normalized spacial score (nSPS) is 10.7. The van der Waals surface area contributed by atoms with E-state index >= 15 is 0 Å². The van der Waals surface area contributed by atoms with Crippen LogP contribution in [0.4, 0.5) is 9.93 Å². The zero-order chi connectivity index (χ0) is 18.6. The van der Waals surface area contributed by atoms with E-state index in [0.717, 1.165) is 32.5 Å². The molecule has 134 valence electrons. The number of pyridine rings is 1. The van der Waals surface area contributed by atoms with Gasteiger partial charge in [0.15, 0.2) is 5.13 Å². The van der Waals surface area contributed by atoms with Gasteiger partial charge in [-0.15, -0.1) is 0 Å². The van der Waals surface area contributed by atoms with Gasteiger partial charge in [0.05, 0.1) is 10.2 Å². The molecule has 8 heteroatoms. The second kappa shape index (κ2) is 7.46. The molecule has 0 aliphatic carbocycles. The monoisotopic (exact) mass is 376 g/mol. The topological polar surface area (TPSA) is 92.7 Å². The number of nitrogens with zero attached hydrogens (tertiary/aromatic N) is 4. The van der Waals surface area contributed by atoms with Crippen LogP contribution in [0.5, 0.6) is 0 Å². The second-order valence-corrected chi connectivity index (χ2v) is 6.71. The first kappa shape index (κ1) is 17.0. The van der Waals surface area contributed by atoms with E-state index < -0.39 is 0 Å². The fraction of sp³-hybridized carbons (Fsp3) is 0.105. The first-order valence-electron chi connectivity index (χ1n) is 8.40. The maximum atomic E-state index is 11.9. The third kappa shape index (κ3) is 3.47. The molecule has 0 unspecified atom stereocenters. The lowest BCUT2D eigenvalue weighted by molar-refractivity contribution is 0.252. The molecular formula is C19H16N6OS. The summed E-state index contributed by atoms with van der Waals surface area (Å²) in [5.74, 6) is 0. The minimum Gasteiger partial charge on any atom is -0.338 e. The summed E-state index contributed by atoms with van der Waals surface area (Å²) in [4.78, 5) is 29.0. The summed E-state index contributed by atoms with van der Waals surface area (Å²) < 4.78 is 0.969. The Bertz CT molecular complexity index is 1010. The van der Waals surface area contributed by atoms with Crippen molar-refractivity contribution in [3.05, 3.63) is 55.4 Å². The number of urea groups is 1. The van der Waals surface area contributed by atoms with Gasteiger partial charge in [-0.2, -0.15) is 0 Å². The highest BCUT2D eigenvalue weighted by Gasteiger charge is 2.16. The number of carbonyl (C=O) groups excluding carboxylic acids is 1. The Morgan fingerprint density at radius 1 is 1.04 bits per heavy atom. The Morgan fingerprint density at radius 3 is 2.56 bits per heavy atom. The molecule has 4 rings (SSSR count). The summed E-state index contributed by atoms with van der Waals surface area (Å²) >= 11 is 1.43. The van der Waals surface area contributed by atoms with Gasteiger partial charge >= 0.3 is 6.03 Å². The molecule has 1 aromatic carbocycles. The summed E-state index contributed by atoms with van der Waals surface area (Å²) in [5, 5.41) is 6.05. The number of aromatic nitrogens is 4. The van der Waals surface area contributed by atoms with Gasteiger partial charge < -0.3 is 5.32 Å². The van der Waals surface area contributed by atoms with E-state index in [-0.39, 0.29) is 6.03 Å². The minimum absolute atomic E-state index is 0.274. The molecule has 0 aliphatic heterocycles. The summed E-state index contributed by atoms with van der Waals surface area (Å²) in [6.07, 6.45) is 8.55. The largest absolute Gasteiger partial charge is 0.338 e. The van der Waals surface area contributed by atoms with Gasteiger partial charge in [0.2, 0.25) is 0 Å². The van der Waals surface area contributed by atoms with Crippen LogP contribution in [0, 0.1) is 0 Å². The fourth-order valence-corrected chi connectivity index (χ4v) is 3.80. The average Bonchev–Trinajstić information content (AvgIpc) is 3.12. The van der Waals surface area contributed by atoms with E-state index in [0.29, 0.717) is 11.7 Å². The van der Waals surface area contributed by atoms with Gasteiger partial charge in [-0.1, -0.05) is 29.5 Å². The molecular weight excluding hydrogens is 360 g/mol. The van der Waals surface area contributed by atoms with Crippen molar-refractivity contribution in [1.82, 2.24) is 25.3 Å². The maximum absolute atomic E-state index is 11.9. The first-order chi connectivity index (χ1) is 13.3. The second-order valence-electron chi connectivity index (χ2n) is 5.71. The van der Waals surface area contributed by atoms with Crippen molar-refractivity contribution in [3.8, 4) is 22.3 Å².